The molecule has 0 aliphatic carbocycles. The standard InChI is InChI=1S/C28H25ClFN3O5/c1-37-23-14-17(13-20(29)25(23)38-15-16-6-4-7-18(30)12-16)24-22-10-5-11-32(22)28(26(24)33(35)36)19-8-2-3-9-21(19)31-27(28)34/h2-4,6-9,12-14,22,24,26H,5,10-11,15H2,1H3,(H,31,34)/t22-,24+,26+,28-/m0/s1. The summed E-state index contributed by atoms with van der Waals surface area (Å²) in [5.74, 6) is -0.789. The van der Waals surface area contributed by atoms with Crippen molar-refractivity contribution < 1.29 is 23.6 Å². The number of nitrogens with one attached hydrogen (secondary N) is 1. The fourth-order valence-electron chi connectivity index (χ4n) is 6.63. The lowest BCUT2D eigenvalue weighted by atomic mass is 9.77. The fraction of sp³-hybridized carbons (Fsp3) is 0.321. The van der Waals surface area contributed by atoms with E-state index in [1.807, 2.05) is 4.90 Å². The lowest BCUT2D eigenvalue weighted by molar-refractivity contribution is -0.534. The van der Waals surface area contributed by atoms with E-state index in [0.717, 1.165) is 6.42 Å². The van der Waals surface area contributed by atoms with Gasteiger partial charge in [-0.1, -0.05) is 41.9 Å². The quantitative estimate of drug-likeness (QED) is 0.346. The molecule has 0 aromatic heterocycles. The van der Waals surface area contributed by atoms with Gasteiger partial charge in [-0.2, -0.15) is 0 Å². The fourth-order valence-corrected chi connectivity index (χ4v) is 6.90. The van der Waals surface area contributed by atoms with E-state index in [2.05, 4.69) is 5.32 Å². The molecule has 3 aliphatic rings. The highest BCUT2D eigenvalue weighted by atomic mass is 35.5. The Bertz CT molecular complexity index is 1450. The van der Waals surface area contributed by atoms with Crippen LogP contribution in [-0.2, 0) is 16.9 Å². The minimum absolute atomic E-state index is 0.0601. The number of nitro groups is 1. The number of carbonyl (C=O) groups excluding carboxylic acids is 1. The highest BCUT2D eigenvalue weighted by Crippen LogP contribution is 2.58. The van der Waals surface area contributed by atoms with E-state index in [1.165, 1.54) is 19.2 Å². The van der Waals surface area contributed by atoms with Gasteiger partial charge in [-0.05, 0) is 54.3 Å². The topological polar surface area (TPSA) is 93.9 Å². The van der Waals surface area contributed by atoms with Crippen LogP contribution in [0.4, 0.5) is 10.1 Å². The number of anilines is 1. The largest absolute Gasteiger partial charge is 0.493 e. The SMILES string of the molecule is COc1cc([C@@H]2[C@@H]3CCCN3[C@]3(C(=O)Nc4ccccc43)[C@@H]2[N+](=O)[O-])cc(Cl)c1OCc1cccc(F)c1. The zero-order chi connectivity index (χ0) is 26.6. The summed E-state index contributed by atoms with van der Waals surface area (Å²) in [4.78, 5) is 28.1. The Labute approximate surface area is 223 Å². The second-order valence-corrected chi connectivity index (χ2v) is 10.3. The molecule has 0 bridgehead atoms. The molecule has 3 aromatic rings. The lowest BCUT2D eigenvalue weighted by Crippen LogP contribution is -2.55. The molecule has 1 spiro atoms. The number of hydrogen-bond donors (Lipinski definition) is 1. The highest BCUT2D eigenvalue weighted by Gasteiger charge is 2.73. The molecule has 196 valence electrons. The third kappa shape index (κ3) is 3.56. The molecule has 0 saturated carbocycles. The van der Waals surface area contributed by atoms with Crippen LogP contribution in [-0.4, -0.2) is 41.5 Å². The molecule has 8 nitrogen and oxygen atoms in total. The number of halogens is 2. The Hall–Kier alpha value is -3.69. The Morgan fingerprint density at radius 2 is 2.03 bits per heavy atom. The Morgan fingerprint density at radius 1 is 1.21 bits per heavy atom. The Morgan fingerprint density at radius 3 is 2.79 bits per heavy atom. The van der Waals surface area contributed by atoms with Crippen molar-refractivity contribution in [2.75, 3.05) is 19.0 Å². The van der Waals surface area contributed by atoms with Gasteiger partial charge in [0.15, 0.2) is 17.0 Å². The molecule has 0 radical (unpaired) electrons. The van der Waals surface area contributed by atoms with Crippen molar-refractivity contribution in [1.29, 1.82) is 0 Å². The van der Waals surface area contributed by atoms with Crippen LogP contribution >= 0.6 is 11.6 Å². The molecule has 2 saturated heterocycles. The zero-order valence-electron chi connectivity index (χ0n) is 20.5. The number of benzene rings is 3. The molecule has 6 rings (SSSR count). The van der Waals surface area contributed by atoms with Crippen molar-refractivity contribution in [3.8, 4) is 11.5 Å². The van der Waals surface area contributed by atoms with E-state index >= 15 is 0 Å². The Balaban J connectivity index is 1.43. The summed E-state index contributed by atoms with van der Waals surface area (Å²) in [5, 5.41) is 15.9. The van der Waals surface area contributed by atoms with Crippen molar-refractivity contribution in [2.24, 2.45) is 0 Å². The van der Waals surface area contributed by atoms with E-state index in [1.54, 1.807) is 48.5 Å². The summed E-state index contributed by atoms with van der Waals surface area (Å²) in [6.07, 6.45) is 1.53. The number of amides is 1. The van der Waals surface area contributed by atoms with Crippen molar-refractivity contribution in [3.63, 3.8) is 0 Å². The van der Waals surface area contributed by atoms with Gasteiger partial charge in [0.1, 0.15) is 12.4 Å². The van der Waals surface area contributed by atoms with Crippen LogP contribution in [0.1, 0.15) is 35.4 Å². The molecular formula is C28H25ClFN3O5. The lowest BCUT2D eigenvalue weighted by Gasteiger charge is -2.32. The number of nitrogens with zero attached hydrogens (tertiary/aromatic N) is 2. The molecule has 3 aliphatic heterocycles. The first-order chi connectivity index (χ1) is 18.4. The normalized spacial score (nSPS) is 25.8. The van der Waals surface area contributed by atoms with Crippen LogP contribution in [0.5, 0.6) is 11.5 Å². The zero-order valence-corrected chi connectivity index (χ0v) is 21.3. The van der Waals surface area contributed by atoms with E-state index in [9.17, 15) is 19.3 Å². The van der Waals surface area contributed by atoms with Gasteiger partial charge in [0, 0.05) is 28.8 Å². The summed E-state index contributed by atoms with van der Waals surface area (Å²) in [6.45, 7) is 0.636. The van der Waals surface area contributed by atoms with Gasteiger partial charge < -0.3 is 14.8 Å². The molecule has 3 aromatic carbocycles. The predicted molar refractivity (Wildman–Crippen MR) is 139 cm³/mol. The summed E-state index contributed by atoms with van der Waals surface area (Å²) >= 11 is 6.68. The Kier molecular flexibility index (Phi) is 6.00. The summed E-state index contributed by atoms with van der Waals surface area (Å²) < 4.78 is 25.1. The van der Waals surface area contributed by atoms with Crippen LogP contribution in [0.15, 0.2) is 60.7 Å². The van der Waals surface area contributed by atoms with Gasteiger partial charge in [-0.15, -0.1) is 0 Å². The van der Waals surface area contributed by atoms with Gasteiger partial charge in [0.2, 0.25) is 0 Å². The first kappa shape index (κ1) is 24.6. The first-order valence-electron chi connectivity index (χ1n) is 12.4. The van der Waals surface area contributed by atoms with E-state index in [-0.39, 0.29) is 40.1 Å². The van der Waals surface area contributed by atoms with Crippen molar-refractivity contribution >= 4 is 23.2 Å². The molecular weight excluding hydrogens is 513 g/mol. The van der Waals surface area contributed by atoms with E-state index in [0.29, 0.717) is 41.1 Å². The summed E-state index contributed by atoms with van der Waals surface area (Å²) in [6, 6.07) is 15.1. The average molecular weight is 538 g/mol. The maximum atomic E-state index is 13.6. The second-order valence-electron chi connectivity index (χ2n) is 9.88. The van der Waals surface area contributed by atoms with Crippen molar-refractivity contribution in [2.45, 2.75) is 43.0 Å². The maximum Gasteiger partial charge on any atom is 0.256 e. The van der Waals surface area contributed by atoms with Crippen LogP contribution in [0.3, 0.4) is 0 Å². The molecule has 10 heteroatoms. The number of hydrogen-bond acceptors (Lipinski definition) is 6. The third-order valence-corrected chi connectivity index (χ3v) is 8.28. The summed E-state index contributed by atoms with van der Waals surface area (Å²) in [7, 11) is 1.47. The average Bonchev–Trinajstić information content (AvgIpc) is 3.56. The molecule has 0 unspecified atom stereocenters. The van der Waals surface area contributed by atoms with Crippen LogP contribution in [0.25, 0.3) is 0 Å². The van der Waals surface area contributed by atoms with Gasteiger partial charge in [-0.25, -0.2) is 4.39 Å². The number of carbonyl (C=O) groups is 1. The number of ether oxygens (including phenoxy) is 2. The number of rotatable bonds is 6. The van der Waals surface area contributed by atoms with E-state index < -0.39 is 17.5 Å². The maximum absolute atomic E-state index is 13.6. The van der Waals surface area contributed by atoms with Crippen LogP contribution in [0.2, 0.25) is 5.02 Å². The molecule has 1 N–H and O–H groups in total. The number of methoxy groups -OCH3 is 1. The van der Waals surface area contributed by atoms with Gasteiger partial charge in [0.25, 0.3) is 11.9 Å². The third-order valence-electron chi connectivity index (χ3n) is 8.00. The van der Waals surface area contributed by atoms with Gasteiger partial charge in [-0.3, -0.25) is 19.8 Å². The molecule has 2 fully saturated rings. The first-order valence-corrected chi connectivity index (χ1v) is 12.8. The van der Waals surface area contributed by atoms with Gasteiger partial charge in [0.05, 0.1) is 18.1 Å². The number of para-hydroxylation sites is 1. The molecule has 38 heavy (non-hydrogen) atoms. The molecule has 3 heterocycles. The minimum Gasteiger partial charge on any atom is -0.493 e. The van der Waals surface area contributed by atoms with Crippen molar-refractivity contribution in [1.82, 2.24) is 4.90 Å². The molecule has 1 amide bonds. The highest BCUT2D eigenvalue weighted by molar-refractivity contribution is 6.32. The van der Waals surface area contributed by atoms with Gasteiger partial charge >= 0.3 is 0 Å². The van der Waals surface area contributed by atoms with Crippen LogP contribution in [0, 0.1) is 15.9 Å². The molecule has 4 atom stereocenters. The van der Waals surface area contributed by atoms with Crippen molar-refractivity contribution in [3.05, 3.63) is 98.3 Å². The smallest absolute Gasteiger partial charge is 0.256 e. The minimum atomic E-state index is -1.42. The van der Waals surface area contributed by atoms with E-state index in [4.69, 9.17) is 21.1 Å². The second kappa shape index (κ2) is 9.25. The predicted octanol–water partition coefficient (Wildman–Crippen LogP) is 5.12. The van der Waals surface area contributed by atoms with Crippen LogP contribution < -0.4 is 14.8 Å². The summed E-state index contributed by atoms with van der Waals surface area (Å²) in [5.41, 5.74) is 1.04. The monoisotopic (exact) mass is 537 g/mol. The number of fused-ring (bicyclic) bond motifs is 4.